The Morgan fingerprint density at radius 3 is 1.81 bits per heavy atom. The van der Waals surface area contributed by atoms with E-state index in [0.29, 0.717) is 32.1 Å². The third-order valence-corrected chi connectivity index (χ3v) is 18.6. The lowest BCUT2D eigenvalue weighted by Crippen LogP contribution is -2.65. The fraction of sp³-hybridized carbons (Fsp3) is 1.00. The molecular formula is C45H76O17. The summed E-state index contributed by atoms with van der Waals surface area (Å²) in [5.41, 5.74) is -2.79. The summed E-state index contributed by atoms with van der Waals surface area (Å²) in [5, 5.41) is 118. The van der Waals surface area contributed by atoms with Crippen molar-refractivity contribution >= 4 is 0 Å². The van der Waals surface area contributed by atoms with Crippen LogP contribution in [0.4, 0.5) is 0 Å². The molecule has 0 aromatic heterocycles. The summed E-state index contributed by atoms with van der Waals surface area (Å²) >= 11 is 0. The molecule has 358 valence electrons. The molecule has 0 radical (unpaired) electrons. The molecular weight excluding hydrogens is 812 g/mol. The van der Waals surface area contributed by atoms with Crippen molar-refractivity contribution in [3.8, 4) is 0 Å². The number of hydrogen-bond acceptors (Lipinski definition) is 17. The summed E-state index contributed by atoms with van der Waals surface area (Å²) in [6.45, 7) is 13.5. The van der Waals surface area contributed by atoms with Gasteiger partial charge in [-0.2, -0.15) is 0 Å². The number of aliphatic hydroxyl groups is 11. The maximum absolute atomic E-state index is 12.1. The van der Waals surface area contributed by atoms with Gasteiger partial charge in [-0.15, -0.1) is 0 Å². The molecule has 17 nitrogen and oxygen atoms in total. The lowest BCUT2D eigenvalue weighted by molar-refractivity contribution is -0.359. The molecule has 0 aromatic rings. The van der Waals surface area contributed by atoms with Gasteiger partial charge in [-0.25, -0.2) is 0 Å². The molecule has 17 heteroatoms. The molecule has 8 fully saturated rings. The molecule has 0 amide bonds. The summed E-state index contributed by atoms with van der Waals surface area (Å²) < 4.78 is 37.1. The molecule has 2 spiro atoms. The van der Waals surface area contributed by atoms with E-state index in [1.165, 1.54) is 0 Å². The highest BCUT2D eigenvalue weighted by atomic mass is 16.8. The smallest absolute Gasteiger partial charge is 0.186 e. The van der Waals surface area contributed by atoms with E-state index in [1.54, 1.807) is 13.8 Å². The average Bonchev–Trinajstić information content (AvgIpc) is 3.80. The second-order valence-electron chi connectivity index (χ2n) is 22.6. The van der Waals surface area contributed by atoms with E-state index in [-0.39, 0.29) is 65.2 Å². The second-order valence-corrected chi connectivity index (χ2v) is 22.6. The Labute approximate surface area is 364 Å². The van der Waals surface area contributed by atoms with Crippen LogP contribution in [0.3, 0.4) is 0 Å². The summed E-state index contributed by atoms with van der Waals surface area (Å²) in [4.78, 5) is 0. The maximum atomic E-state index is 12.1. The third kappa shape index (κ3) is 7.38. The molecule has 24 atom stereocenters. The molecule has 8 rings (SSSR count). The van der Waals surface area contributed by atoms with Gasteiger partial charge in [-0.05, 0) is 122 Å². The van der Waals surface area contributed by atoms with Crippen molar-refractivity contribution in [1.29, 1.82) is 0 Å². The zero-order valence-corrected chi connectivity index (χ0v) is 37.4. The predicted octanol–water partition coefficient (Wildman–Crippen LogP) is -0.334. The molecule has 0 unspecified atom stereocenters. The van der Waals surface area contributed by atoms with E-state index in [1.807, 2.05) is 0 Å². The van der Waals surface area contributed by atoms with Crippen molar-refractivity contribution in [1.82, 2.24) is 0 Å². The Hall–Kier alpha value is -0.680. The van der Waals surface area contributed by atoms with Crippen LogP contribution >= 0.6 is 0 Å². The fourth-order valence-corrected chi connectivity index (χ4v) is 15.1. The number of aliphatic hydroxyl groups excluding tert-OH is 10. The fourth-order valence-electron chi connectivity index (χ4n) is 15.1. The van der Waals surface area contributed by atoms with E-state index in [4.69, 9.17) is 28.4 Å². The summed E-state index contributed by atoms with van der Waals surface area (Å²) in [5.74, 6) is -0.0380. The summed E-state index contributed by atoms with van der Waals surface area (Å²) in [7, 11) is 0. The number of ether oxygens (including phenoxy) is 6. The van der Waals surface area contributed by atoms with Crippen molar-refractivity contribution in [2.75, 3.05) is 19.8 Å². The molecule has 3 aliphatic heterocycles. The molecule has 0 aromatic carbocycles. The van der Waals surface area contributed by atoms with Crippen LogP contribution in [0.25, 0.3) is 0 Å². The van der Waals surface area contributed by atoms with Crippen LogP contribution in [0.5, 0.6) is 0 Å². The van der Waals surface area contributed by atoms with Crippen molar-refractivity contribution in [2.45, 2.75) is 210 Å². The van der Waals surface area contributed by atoms with E-state index in [2.05, 4.69) is 34.6 Å². The van der Waals surface area contributed by atoms with Gasteiger partial charge < -0.3 is 84.6 Å². The topological polar surface area (TPSA) is 278 Å². The van der Waals surface area contributed by atoms with Gasteiger partial charge in [0.25, 0.3) is 0 Å². The van der Waals surface area contributed by atoms with Crippen LogP contribution < -0.4 is 0 Å². The molecule has 5 aliphatic carbocycles. The number of hydrogen-bond donors (Lipinski definition) is 11. The largest absolute Gasteiger partial charge is 0.393 e. The minimum Gasteiger partial charge on any atom is -0.393 e. The third-order valence-electron chi connectivity index (χ3n) is 18.6. The molecule has 3 saturated heterocycles. The van der Waals surface area contributed by atoms with Crippen molar-refractivity contribution in [2.24, 2.45) is 50.7 Å². The highest BCUT2D eigenvalue weighted by Gasteiger charge is 2.84. The first-order valence-corrected chi connectivity index (χ1v) is 23.2. The lowest BCUT2D eigenvalue weighted by Gasteiger charge is -2.65. The van der Waals surface area contributed by atoms with Crippen molar-refractivity contribution in [3.05, 3.63) is 0 Å². The van der Waals surface area contributed by atoms with Crippen LogP contribution in [0, 0.1) is 50.7 Å². The Kier molecular flexibility index (Phi) is 12.7. The summed E-state index contributed by atoms with van der Waals surface area (Å²) in [6, 6.07) is 0. The number of rotatable bonds is 11. The first-order chi connectivity index (χ1) is 28.8. The van der Waals surface area contributed by atoms with E-state index >= 15 is 0 Å². The van der Waals surface area contributed by atoms with Crippen LogP contribution in [0.1, 0.15) is 106 Å². The van der Waals surface area contributed by atoms with Crippen molar-refractivity contribution < 1.29 is 84.6 Å². The van der Waals surface area contributed by atoms with Gasteiger partial charge in [-0.3, -0.25) is 0 Å². The van der Waals surface area contributed by atoms with Gasteiger partial charge in [-0.1, -0.05) is 34.6 Å². The van der Waals surface area contributed by atoms with Crippen LogP contribution in [-0.4, -0.2) is 180 Å². The minimum absolute atomic E-state index is 0.0423. The maximum Gasteiger partial charge on any atom is 0.186 e. The van der Waals surface area contributed by atoms with E-state index < -0.39 is 109 Å². The summed E-state index contributed by atoms with van der Waals surface area (Å²) in [6.07, 6.45) is -13.1. The normalized spacial score (nSPS) is 54.7. The van der Waals surface area contributed by atoms with Crippen LogP contribution in [-0.2, 0) is 28.4 Å². The SMILES string of the molecule is C[C@H](CC[C@H](O)C(C)(C)O)[C@H]1[C@@H](O)C[C@@]2(C)[C@@H]3C[C@H](O[C@@H]4OC[C@@H](O)[C@H](O)[C@H]4O)[C@@H]4C(C)(C)[C@@H](O[C@@H]5OC[C@@H](O)[C@H](O)[C@H]5O[C@@H]5OC[C@H](O)[C@H](O)[C@H]5O)CC[C@@]45C[C@@]35CC[C@]12C. The molecule has 3 heterocycles. The molecule has 0 bridgehead atoms. The van der Waals surface area contributed by atoms with E-state index in [0.717, 1.165) is 25.7 Å². The van der Waals surface area contributed by atoms with Gasteiger partial charge in [0.2, 0.25) is 0 Å². The lowest BCUT2D eigenvalue weighted by atomic mass is 9.41. The predicted molar refractivity (Wildman–Crippen MR) is 216 cm³/mol. The van der Waals surface area contributed by atoms with Gasteiger partial charge in [0, 0.05) is 0 Å². The Balaban J connectivity index is 1.09. The van der Waals surface area contributed by atoms with E-state index in [9.17, 15) is 56.2 Å². The Morgan fingerprint density at radius 1 is 0.645 bits per heavy atom. The zero-order valence-electron chi connectivity index (χ0n) is 37.4. The zero-order chi connectivity index (χ0) is 45.3. The second kappa shape index (κ2) is 16.5. The molecule has 11 N–H and O–H groups in total. The molecule has 62 heavy (non-hydrogen) atoms. The quantitative estimate of drug-likeness (QED) is 0.119. The molecule has 8 aliphatic rings. The first kappa shape index (κ1) is 47.8. The van der Waals surface area contributed by atoms with Crippen LogP contribution in [0.2, 0.25) is 0 Å². The van der Waals surface area contributed by atoms with Crippen LogP contribution in [0.15, 0.2) is 0 Å². The highest BCUT2D eigenvalue weighted by molar-refractivity contribution is 5.33. The standard InChI is InChI=1S/C45H76O17/c1-20(8-9-27(50)41(4,5)56)29-21(46)15-43(7)26-14-25(60-37-33(54)30(51)22(47)16-57-37)36-40(2,3)28(10-11-45(36)19-44(26,45)13-12-42(29,43)6)61-39-35(32(53)24(49)18-59-39)62-38-34(55)31(52)23(48)17-58-38/h20-39,46-56H,8-19H2,1-7H3/t20-,21+,22-,23+,24-,25+,26+,27+,28+,29+,30+,31+,32+,33-,34-,35-,36-,37+,38+,39+,42-,43+,44+,45-/m1/s1. The average molecular weight is 889 g/mol. The highest BCUT2D eigenvalue weighted by Crippen LogP contribution is 2.89. The minimum atomic E-state index is -1.65. The van der Waals surface area contributed by atoms with Gasteiger partial charge in [0.15, 0.2) is 18.9 Å². The Bertz CT molecular complexity index is 1600. The molecule has 5 saturated carbocycles. The van der Waals surface area contributed by atoms with Gasteiger partial charge in [0.05, 0.1) is 49.8 Å². The van der Waals surface area contributed by atoms with Gasteiger partial charge >= 0.3 is 0 Å². The first-order valence-electron chi connectivity index (χ1n) is 23.2. The monoisotopic (exact) mass is 889 g/mol. The number of fused-ring (bicyclic) bond motifs is 2. The van der Waals surface area contributed by atoms with Gasteiger partial charge in [0.1, 0.15) is 54.9 Å². The Morgan fingerprint density at radius 2 is 1.21 bits per heavy atom. The van der Waals surface area contributed by atoms with Crippen molar-refractivity contribution in [3.63, 3.8) is 0 Å².